The van der Waals surface area contributed by atoms with Gasteiger partial charge in [-0.3, -0.25) is 0 Å². The zero-order valence-corrected chi connectivity index (χ0v) is 5.22. The van der Waals surface area contributed by atoms with Crippen LogP contribution in [0.1, 0.15) is 19.8 Å². The minimum atomic E-state index is -0.125. The molecule has 0 amide bonds. The van der Waals surface area contributed by atoms with Crippen molar-refractivity contribution in [2.24, 2.45) is 5.92 Å². The van der Waals surface area contributed by atoms with E-state index in [0.29, 0.717) is 5.92 Å². The van der Waals surface area contributed by atoms with Gasteiger partial charge in [-0.1, -0.05) is 12.2 Å². The topological polar surface area (TPSA) is 20.2 Å². The summed E-state index contributed by atoms with van der Waals surface area (Å²) in [4.78, 5) is 0. The van der Waals surface area contributed by atoms with Crippen LogP contribution in [0.5, 0.6) is 0 Å². The summed E-state index contributed by atoms with van der Waals surface area (Å²) < 4.78 is 0. The van der Waals surface area contributed by atoms with E-state index < -0.39 is 0 Å². The Bertz CT molecular complexity index is 97.0. The Kier molecular flexibility index (Phi) is 1.39. The molecule has 0 aliphatic heterocycles. The van der Waals surface area contributed by atoms with Crippen LogP contribution in [0, 0.1) is 5.92 Å². The van der Waals surface area contributed by atoms with Crippen molar-refractivity contribution in [1.82, 2.24) is 0 Å². The zero-order valence-electron chi connectivity index (χ0n) is 5.22. The maximum absolute atomic E-state index is 8.95. The maximum atomic E-state index is 8.95. The molecule has 0 bridgehead atoms. The van der Waals surface area contributed by atoms with Gasteiger partial charge in [0.1, 0.15) is 0 Å². The summed E-state index contributed by atoms with van der Waals surface area (Å²) in [6, 6.07) is 0. The Labute approximate surface area is 50.0 Å². The average Bonchev–Trinajstić information content (AvgIpc) is 1.57. The molecular formula is C7H12O. The monoisotopic (exact) mass is 112 g/mol. The molecule has 8 heavy (non-hydrogen) atoms. The molecule has 46 valence electrons. The van der Waals surface area contributed by atoms with E-state index in [-0.39, 0.29) is 6.10 Å². The van der Waals surface area contributed by atoms with E-state index in [9.17, 15) is 0 Å². The van der Waals surface area contributed by atoms with Gasteiger partial charge in [0.25, 0.3) is 0 Å². The van der Waals surface area contributed by atoms with Crippen molar-refractivity contribution >= 4 is 0 Å². The van der Waals surface area contributed by atoms with E-state index in [1.165, 1.54) is 5.57 Å². The summed E-state index contributed by atoms with van der Waals surface area (Å²) in [5.41, 5.74) is 1.29. The van der Waals surface area contributed by atoms with Crippen molar-refractivity contribution < 1.29 is 5.11 Å². The largest absolute Gasteiger partial charge is 0.393 e. The van der Waals surface area contributed by atoms with E-state index in [1.54, 1.807) is 0 Å². The second kappa shape index (κ2) is 1.90. The van der Waals surface area contributed by atoms with Crippen LogP contribution < -0.4 is 0 Å². The lowest BCUT2D eigenvalue weighted by Gasteiger charge is -2.30. The first-order valence-corrected chi connectivity index (χ1v) is 3.05. The number of allylic oxidation sites excluding steroid dienone is 1. The van der Waals surface area contributed by atoms with Crippen molar-refractivity contribution in [2.45, 2.75) is 25.9 Å². The zero-order chi connectivity index (χ0) is 6.15. The fraction of sp³-hybridized carbons (Fsp3) is 0.714. The number of hydrogen-bond acceptors (Lipinski definition) is 1. The molecule has 0 aromatic rings. The lowest BCUT2D eigenvalue weighted by Crippen LogP contribution is -2.25. The first-order chi connectivity index (χ1) is 3.70. The molecule has 0 saturated heterocycles. The molecule has 1 nitrogen and oxygen atoms in total. The van der Waals surface area contributed by atoms with Crippen LogP contribution in [-0.4, -0.2) is 11.2 Å². The Hall–Kier alpha value is -0.300. The van der Waals surface area contributed by atoms with Gasteiger partial charge in [0.2, 0.25) is 0 Å². The normalized spacial score (nSPS) is 25.0. The van der Waals surface area contributed by atoms with Crippen LogP contribution >= 0.6 is 0 Å². The predicted molar refractivity (Wildman–Crippen MR) is 33.5 cm³/mol. The molecular weight excluding hydrogens is 100 g/mol. The van der Waals surface area contributed by atoms with Gasteiger partial charge in [0, 0.05) is 0 Å². The molecule has 1 atom stereocenters. The molecule has 0 heterocycles. The van der Waals surface area contributed by atoms with Gasteiger partial charge in [-0.15, -0.1) is 0 Å². The van der Waals surface area contributed by atoms with Crippen LogP contribution in [0.3, 0.4) is 0 Å². The van der Waals surface area contributed by atoms with Gasteiger partial charge in [-0.05, 0) is 25.7 Å². The van der Waals surface area contributed by atoms with Crippen LogP contribution in [-0.2, 0) is 0 Å². The second-order valence-corrected chi connectivity index (χ2v) is 2.66. The Balaban J connectivity index is 2.25. The van der Waals surface area contributed by atoms with E-state index in [2.05, 4.69) is 6.58 Å². The second-order valence-electron chi connectivity index (χ2n) is 2.66. The van der Waals surface area contributed by atoms with Gasteiger partial charge >= 0.3 is 0 Å². The number of aliphatic hydroxyl groups is 1. The van der Waals surface area contributed by atoms with Crippen LogP contribution in [0.2, 0.25) is 0 Å². The summed E-state index contributed by atoms with van der Waals surface area (Å²) in [5.74, 6) is 0.516. The number of rotatable bonds is 1. The first-order valence-electron chi connectivity index (χ1n) is 3.05. The summed E-state index contributed by atoms with van der Waals surface area (Å²) in [6.45, 7) is 5.63. The van der Waals surface area contributed by atoms with Gasteiger partial charge in [0.15, 0.2) is 0 Å². The van der Waals surface area contributed by atoms with Gasteiger partial charge in [-0.2, -0.15) is 0 Å². The summed E-state index contributed by atoms with van der Waals surface area (Å²) in [6.07, 6.45) is 1.95. The van der Waals surface area contributed by atoms with E-state index in [0.717, 1.165) is 12.8 Å². The van der Waals surface area contributed by atoms with Crippen molar-refractivity contribution in [1.29, 1.82) is 0 Å². The molecule has 1 aliphatic rings. The van der Waals surface area contributed by atoms with Crippen molar-refractivity contribution in [3.05, 3.63) is 12.2 Å². The molecule has 1 N–H and O–H groups in total. The van der Waals surface area contributed by atoms with E-state index >= 15 is 0 Å². The van der Waals surface area contributed by atoms with Crippen molar-refractivity contribution in [3.63, 3.8) is 0 Å². The van der Waals surface area contributed by atoms with E-state index in [1.807, 2.05) is 6.92 Å². The van der Waals surface area contributed by atoms with Crippen LogP contribution in [0.25, 0.3) is 0 Å². The Morgan fingerprint density at radius 1 is 1.75 bits per heavy atom. The predicted octanol–water partition coefficient (Wildman–Crippen LogP) is 1.33. The van der Waals surface area contributed by atoms with E-state index in [4.69, 9.17) is 5.11 Å². The number of hydrogen-bond donors (Lipinski definition) is 1. The third kappa shape index (κ3) is 0.920. The maximum Gasteiger partial charge on any atom is 0.0546 e. The number of aliphatic hydroxyl groups excluding tert-OH is 1. The Morgan fingerprint density at radius 3 is 2.38 bits per heavy atom. The molecule has 1 aliphatic carbocycles. The Morgan fingerprint density at radius 2 is 2.25 bits per heavy atom. The minimum Gasteiger partial charge on any atom is -0.393 e. The highest BCUT2D eigenvalue weighted by atomic mass is 16.3. The molecule has 0 radical (unpaired) electrons. The molecule has 1 heteroatoms. The van der Waals surface area contributed by atoms with Gasteiger partial charge < -0.3 is 5.11 Å². The molecule has 0 aromatic heterocycles. The van der Waals surface area contributed by atoms with Crippen LogP contribution in [0.15, 0.2) is 12.2 Å². The average molecular weight is 112 g/mol. The summed E-state index contributed by atoms with van der Waals surface area (Å²) >= 11 is 0. The minimum absolute atomic E-state index is 0.125. The molecule has 0 spiro atoms. The van der Waals surface area contributed by atoms with Gasteiger partial charge in [0.05, 0.1) is 6.10 Å². The van der Waals surface area contributed by atoms with Crippen molar-refractivity contribution in [2.75, 3.05) is 0 Å². The molecule has 1 saturated carbocycles. The molecule has 1 rings (SSSR count). The fourth-order valence-electron chi connectivity index (χ4n) is 1.02. The first kappa shape index (κ1) is 5.83. The summed E-state index contributed by atoms with van der Waals surface area (Å²) in [5, 5.41) is 8.95. The highest BCUT2D eigenvalue weighted by molar-refractivity contribution is 5.08. The highest BCUT2D eigenvalue weighted by Gasteiger charge is 2.24. The lowest BCUT2D eigenvalue weighted by atomic mass is 9.78. The molecule has 0 aromatic carbocycles. The standard InChI is InChI=1S/C7H12O/c1-5-3-7(4-5)6(2)8/h6-8H,1,3-4H2,2H3. The fourth-order valence-corrected chi connectivity index (χ4v) is 1.02. The lowest BCUT2D eigenvalue weighted by molar-refractivity contribution is 0.103. The molecule has 1 unspecified atom stereocenters. The third-order valence-electron chi connectivity index (χ3n) is 1.78. The summed E-state index contributed by atoms with van der Waals surface area (Å²) in [7, 11) is 0. The third-order valence-corrected chi connectivity index (χ3v) is 1.78. The quantitative estimate of drug-likeness (QED) is 0.507. The SMILES string of the molecule is C=C1CC(C(C)O)C1. The van der Waals surface area contributed by atoms with Crippen LogP contribution in [0.4, 0.5) is 0 Å². The smallest absolute Gasteiger partial charge is 0.0546 e. The molecule has 1 fully saturated rings. The van der Waals surface area contributed by atoms with Crippen molar-refractivity contribution in [3.8, 4) is 0 Å². The van der Waals surface area contributed by atoms with Gasteiger partial charge in [-0.25, -0.2) is 0 Å². The highest BCUT2D eigenvalue weighted by Crippen LogP contribution is 2.33.